The number of fused-ring (bicyclic) bond motifs is 1. The van der Waals surface area contributed by atoms with E-state index < -0.39 is 0 Å². The maximum absolute atomic E-state index is 3.62. The lowest BCUT2D eigenvalue weighted by molar-refractivity contribution is 0.103. The molecule has 0 spiro atoms. The lowest BCUT2D eigenvalue weighted by Gasteiger charge is -2.41. The molecule has 0 bridgehead atoms. The van der Waals surface area contributed by atoms with E-state index in [1.54, 1.807) is 0 Å². The minimum Gasteiger partial charge on any atom is -0.311 e. The van der Waals surface area contributed by atoms with Crippen LogP contribution in [0.1, 0.15) is 33.1 Å². The third-order valence-corrected chi connectivity index (χ3v) is 3.35. The van der Waals surface area contributed by atoms with Gasteiger partial charge in [-0.2, -0.15) is 0 Å². The van der Waals surface area contributed by atoms with Crippen molar-refractivity contribution in [1.82, 2.24) is 10.2 Å². The van der Waals surface area contributed by atoms with Crippen molar-refractivity contribution in [2.45, 2.75) is 51.2 Å². The second kappa shape index (κ2) is 3.35. The van der Waals surface area contributed by atoms with Gasteiger partial charge < -0.3 is 5.32 Å². The highest BCUT2D eigenvalue weighted by molar-refractivity contribution is 4.94. The van der Waals surface area contributed by atoms with E-state index in [9.17, 15) is 0 Å². The Labute approximate surface area is 75.3 Å². The second-order valence-corrected chi connectivity index (χ2v) is 4.39. The number of hydrogen-bond acceptors (Lipinski definition) is 2. The maximum Gasteiger partial charge on any atom is 0.0252 e. The fraction of sp³-hybridized carbons (Fsp3) is 1.00. The van der Waals surface area contributed by atoms with E-state index in [1.807, 2.05) is 0 Å². The van der Waals surface area contributed by atoms with Crippen LogP contribution in [0.4, 0.5) is 0 Å². The summed E-state index contributed by atoms with van der Waals surface area (Å²) < 4.78 is 0. The van der Waals surface area contributed by atoms with E-state index in [4.69, 9.17) is 0 Å². The predicted molar refractivity (Wildman–Crippen MR) is 51.3 cm³/mol. The van der Waals surface area contributed by atoms with E-state index in [0.29, 0.717) is 0 Å². The monoisotopic (exact) mass is 168 g/mol. The molecule has 2 rings (SSSR count). The summed E-state index contributed by atoms with van der Waals surface area (Å²) in [5.41, 5.74) is 0. The zero-order valence-corrected chi connectivity index (χ0v) is 8.21. The van der Waals surface area contributed by atoms with E-state index in [-0.39, 0.29) is 0 Å². The average Bonchev–Trinajstić information content (AvgIpc) is 2.49. The molecular weight excluding hydrogens is 148 g/mol. The molecule has 1 heterocycles. The average molecular weight is 168 g/mol. The number of piperazine rings is 1. The van der Waals surface area contributed by atoms with Gasteiger partial charge in [-0.25, -0.2) is 0 Å². The van der Waals surface area contributed by atoms with Gasteiger partial charge in [-0.15, -0.1) is 0 Å². The Hall–Kier alpha value is -0.0800. The lowest BCUT2D eigenvalue weighted by Crippen LogP contribution is -2.57. The van der Waals surface area contributed by atoms with Gasteiger partial charge in [0.15, 0.2) is 0 Å². The van der Waals surface area contributed by atoms with Crippen molar-refractivity contribution in [3.8, 4) is 0 Å². The summed E-state index contributed by atoms with van der Waals surface area (Å²) in [6.07, 6.45) is 4.23. The number of nitrogens with one attached hydrogen (secondary N) is 1. The van der Waals surface area contributed by atoms with Crippen LogP contribution in [0.2, 0.25) is 0 Å². The van der Waals surface area contributed by atoms with E-state index in [1.165, 1.54) is 32.4 Å². The van der Waals surface area contributed by atoms with Crippen LogP contribution in [0.5, 0.6) is 0 Å². The molecule has 2 nitrogen and oxygen atoms in total. The van der Waals surface area contributed by atoms with E-state index >= 15 is 0 Å². The zero-order valence-electron chi connectivity index (χ0n) is 8.21. The molecule has 0 radical (unpaired) electrons. The van der Waals surface area contributed by atoms with Crippen LogP contribution < -0.4 is 5.32 Å². The molecule has 0 unspecified atom stereocenters. The van der Waals surface area contributed by atoms with Crippen LogP contribution in [0.25, 0.3) is 0 Å². The molecule has 0 aromatic heterocycles. The van der Waals surface area contributed by atoms with Crippen molar-refractivity contribution in [3.05, 3.63) is 0 Å². The molecule has 70 valence electrons. The lowest BCUT2D eigenvalue weighted by atomic mass is 10.1. The van der Waals surface area contributed by atoms with Crippen molar-refractivity contribution in [2.75, 3.05) is 13.1 Å². The van der Waals surface area contributed by atoms with Crippen LogP contribution >= 0.6 is 0 Å². The first-order valence-corrected chi connectivity index (χ1v) is 5.28. The molecular formula is C10H20N2. The van der Waals surface area contributed by atoms with Crippen LogP contribution in [0, 0.1) is 0 Å². The van der Waals surface area contributed by atoms with Crippen molar-refractivity contribution < 1.29 is 0 Å². The van der Waals surface area contributed by atoms with E-state index in [2.05, 4.69) is 24.1 Å². The normalized spacial score (nSPS) is 37.2. The van der Waals surface area contributed by atoms with Gasteiger partial charge in [0.05, 0.1) is 0 Å². The Morgan fingerprint density at radius 2 is 2.17 bits per heavy atom. The quantitative estimate of drug-likeness (QED) is 0.633. The molecule has 1 saturated carbocycles. The number of nitrogens with zero attached hydrogens (tertiary/aromatic N) is 1. The number of hydrogen-bond donors (Lipinski definition) is 1. The van der Waals surface area contributed by atoms with Gasteiger partial charge in [0.1, 0.15) is 0 Å². The summed E-state index contributed by atoms with van der Waals surface area (Å²) in [7, 11) is 0. The van der Waals surface area contributed by atoms with Gasteiger partial charge in [-0.1, -0.05) is 6.42 Å². The summed E-state index contributed by atoms with van der Waals surface area (Å²) in [5, 5.41) is 3.62. The number of rotatable bonds is 1. The fourth-order valence-corrected chi connectivity index (χ4v) is 2.76. The minimum absolute atomic E-state index is 0.734. The highest BCUT2D eigenvalue weighted by Crippen LogP contribution is 2.27. The van der Waals surface area contributed by atoms with Crippen molar-refractivity contribution >= 4 is 0 Å². The summed E-state index contributed by atoms with van der Waals surface area (Å²) in [6.45, 7) is 7.08. The molecule has 12 heavy (non-hydrogen) atoms. The summed E-state index contributed by atoms with van der Waals surface area (Å²) in [4.78, 5) is 2.67. The van der Waals surface area contributed by atoms with Gasteiger partial charge in [0.2, 0.25) is 0 Å². The van der Waals surface area contributed by atoms with Crippen LogP contribution in [0.15, 0.2) is 0 Å². The molecule has 0 amide bonds. The second-order valence-electron chi connectivity index (χ2n) is 4.39. The topological polar surface area (TPSA) is 15.3 Å². The zero-order chi connectivity index (χ0) is 8.55. The Kier molecular flexibility index (Phi) is 2.37. The highest BCUT2D eigenvalue weighted by atomic mass is 15.3. The first-order valence-electron chi connectivity index (χ1n) is 5.28. The van der Waals surface area contributed by atoms with Crippen molar-refractivity contribution in [2.24, 2.45) is 0 Å². The largest absolute Gasteiger partial charge is 0.311 e. The Balaban J connectivity index is 2.03. The molecule has 2 fully saturated rings. The van der Waals surface area contributed by atoms with Crippen LogP contribution in [0.3, 0.4) is 0 Å². The van der Waals surface area contributed by atoms with E-state index in [0.717, 1.165) is 18.1 Å². The van der Waals surface area contributed by atoms with Gasteiger partial charge in [0, 0.05) is 31.2 Å². The smallest absolute Gasteiger partial charge is 0.0252 e. The van der Waals surface area contributed by atoms with Crippen molar-refractivity contribution in [1.29, 1.82) is 0 Å². The molecule has 0 aromatic carbocycles. The third-order valence-electron chi connectivity index (χ3n) is 3.35. The first kappa shape index (κ1) is 8.52. The first-order chi connectivity index (χ1) is 5.79. The molecule has 0 aromatic rings. The molecule has 1 N–H and O–H groups in total. The van der Waals surface area contributed by atoms with Gasteiger partial charge >= 0.3 is 0 Å². The molecule has 1 saturated heterocycles. The van der Waals surface area contributed by atoms with Gasteiger partial charge in [0.25, 0.3) is 0 Å². The summed E-state index contributed by atoms with van der Waals surface area (Å²) >= 11 is 0. The molecule has 1 aliphatic heterocycles. The standard InChI is InChI=1S/C10H20N2/c1-8(2)12-7-6-11-9-4-3-5-10(9)12/h8-11H,3-7H2,1-2H3/t9-,10+/m1/s1. The van der Waals surface area contributed by atoms with Crippen LogP contribution in [-0.4, -0.2) is 36.1 Å². The van der Waals surface area contributed by atoms with Crippen molar-refractivity contribution in [3.63, 3.8) is 0 Å². The minimum atomic E-state index is 0.734. The molecule has 2 heteroatoms. The van der Waals surface area contributed by atoms with Crippen LogP contribution in [-0.2, 0) is 0 Å². The molecule has 2 aliphatic rings. The molecule has 1 aliphatic carbocycles. The Morgan fingerprint density at radius 3 is 2.92 bits per heavy atom. The highest BCUT2D eigenvalue weighted by Gasteiger charge is 2.35. The molecule has 2 atom stereocenters. The van der Waals surface area contributed by atoms with Gasteiger partial charge in [-0.3, -0.25) is 4.90 Å². The predicted octanol–water partition coefficient (Wildman–Crippen LogP) is 1.22. The third kappa shape index (κ3) is 1.38. The Morgan fingerprint density at radius 1 is 1.33 bits per heavy atom. The fourth-order valence-electron chi connectivity index (χ4n) is 2.76. The Bertz CT molecular complexity index is 156. The summed E-state index contributed by atoms with van der Waals surface area (Å²) in [5.74, 6) is 0. The SMILES string of the molecule is CC(C)N1CCN[C@@H]2CCC[C@@H]21. The van der Waals surface area contributed by atoms with Gasteiger partial charge in [-0.05, 0) is 26.7 Å². The summed E-state index contributed by atoms with van der Waals surface area (Å²) in [6, 6.07) is 2.39. The maximum atomic E-state index is 3.62.